The van der Waals surface area contributed by atoms with Gasteiger partial charge in [0.15, 0.2) is 0 Å². The molecule has 0 bridgehead atoms. The zero-order chi connectivity index (χ0) is 11.9. The molecule has 0 saturated heterocycles. The van der Waals surface area contributed by atoms with Crippen LogP contribution in [0.25, 0.3) is 10.9 Å². The number of aryl methyl sites for hydroxylation is 3. The first-order chi connectivity index (χ1) is 7.54. The van der Waals surface area contributed by atoms with Gasteiger partial charge in [-0.3, -0.25) is 0 Å². The van der Waals surface area contributed by atoms with Crippen LogP contribution in [0.5, 0.6) is 0 Å². The minimum absolute atomic E-state index is 0.363. The molecule has 0 spiro atoms. The lowest BCUT2D eigenvalue weighted by Crippen LogP contribution is -1.98. The molecular weight excluding hydrogens is 202 g/mol. The molecule has 0 aliphatic carbocycles. The minimum Gasteiger partial charge on any atom is -0.478 e. The predicted octanol–water partition coefficient (Wildman–Crippen LogP) is 2.98. The van der Waals surface area contributed by atoms with Crippen molar-refractivity contribution >= 4 is 16.9 Å². The number of carboxylic acids is 1. The van der Waals surface area contributed by atoms with E-state index in [2.05, 4.69) is 17.7 Å². The van der Waals surface area contributed by atoms with Crippen molar-refractivity contribution in [1.29, 1.82) is 0 Å². The van der Waals surface area contributed by atoms with Crippen LogP contribution in [0.3, 0.4) is 0 Å². The topological polar surface area (TPSA) is 42.2 Å². The van der Waals surface area contributed by atoms with Crippen molar-refractivity contribution in [1.82, 2.24) is 4.57 Å². The van der Waals surface area contributed by atoms with Gasteiger partial charge >= 0.3 is 5.97 Å². The molecule has 16 heavy (non-hydrogen) atoms. The molecule has 2 aromatic rings. The average molecular weight is 217 g/mol. The van der Waals surface area contributed by atoms with E-state index >= 15 is 0 Å². The van der Waals surface area contributed by atoms with E-state index in [0.717, 1.165) is 28.6 Å². The van der Waals surface area contributed by atoms with Gasteiger partial charge in [0, 0.05) is 18.1 Å². The van der Waals surface area contributed by atoms with Crippen LogP contribution in [-0.2, 0) is 6.54 Å². The van der Waals surface area contributed by atoms with Crippen LogP contribution in [0.1, 0.15) is 28.4 Å². The second-order valence-corrected chi connectivity index (χ2v) is 4.09. The molecule has 0 amide bonds. The smallest absolute Gasteiger partial charge is 0.335 e. The molecule has 0 radical (unpaired) electrons. The second kappa shape index (κ2) is 3.67. The molecule has 1 aromatic heterocycles. The molecule has 0 fully saturated rings. The Hall–Kier alpha value is -1.77. The summed E-state index contributed by atoms with van der Waals surface area (Å²) >= 11 is 0. The molecule has 3 heteroatoms. The number of benzene rings is 1. The fourth-order valence-electron chi connectivity index (χ4n) is 2.20. The first-order valence-corrected chi connectivity index (χ1v) is 5.38. The first-order valence-electron chi connectivity index (χ1n) is 5.38. The van der Waals surface area contributed by atoms with Crippen LogP contribution in [0, 0.1) is 13.8 Å². The molecule has 0 aliphatic heterocycles. The van der Waals surface area contributed by atoms with Crippen LogP contribution in [0.2, 0.25) is 0 Å². The summed E-state index contributed by atoms with van der Waals surface area (Å²) in [7, 11) is 0. The maximum Gasteiger partial charge on any atom is 0.335 e. The highest BCUT2D eigenvalue weighted by Gasteiger charge is 2.11. The molecule has 0 saturated carbocycles. The number of aromatic nitrogens is 1. The average Bonchev–Trinajstić information content (AvgIpc) is 2.56. The third kappa shape index (κ3) is 1.48. The van der Waals surface area contributed by atoms with E-state index in [1.165, 1.54) is 0 Å². The van der Waals surface area contributed by atoms with Crippen LogP contribution in [-0.4, -0.2) is 15.6 Å². The number of aromatic carboxylic acids is 1. The van der Waals surface area contributed by atoms with Gasteiger partial charge in [0.2, 0.25) is 0 Å². The molecule has 84 valence electrons. The van der Waals surface area contributed by atoms with Gasteiger partial charge in [-0.2, -0.15) is 0 Å². The van der Waals surface area contributed by atoms with Crippen molar-refractivity contribution in [3.8, 4) is 0 Å². The quantitative estimate of drug-likeness (QED) is 0.840. The van der Waals surface area contributed by atoms with Gasteiger partial charge in [0.05, 0.1) is 11.1 Å². The zero-order valence-electron chi connectivity index (χ0n) is 9.74. The number of fused-ring (bicyclic) bond motifs is 1. The number of nitrogens with zero attached hydrogens (tertiary/aromatic N) is 1. The summed E-state index contributed by atoms with van der Waals surface area (Å²) in [5, 5.41) is 10.1. The van der Waals surface area contributed by atoms with Gasteiger partial charge in [-0.25, -0.2) is 4.79 Å². The zero-order valence-corrected chi connectivity index (χ0v) is 9.74. The van der Waals surface area contributed by atoms with Crippen molar-refractivity contribution < 1.29 is 9.90 Å². The van der Waals surface area contributed by atoms with E-state index in [1.54, 1.807) is 12.1 Å². The summed E-state index contributed by atoms with van der Waals surface area (Å²) in [6.45, 7) is 6.96. The third-order valence-corrected chi connectivity index (χ3v) is 2.95. The molecule has 1 N–H and O–H groups in total. The van der Waals surface area contributed by atoms with Crippen molar-refractivity contribution in [3.05, 3.63) is 35.0 Å². The van der Waals surface area contributed by atoms with Gasteiger partial charge in [-0.05, 0) is 44.0 Å². The largest absolute Gasteiger partial charge is 0.478 e. The summed E-state index contributed by atoms with van der Waals surface area (Å²) < 4.78 is 2.16. The first kappa shape index (κ1) is 10.7. The van der Waals surface area contributed by atoms with E-state index in [4.69, 9.17) is 5.11 Å². The van der Waals surface area contributed by atoms with Gasteiger partial charge in [0.25, 0.3) is 0 Å². The molecule has 1 heterocycles. The Labute approximate surface area is 94.3 Å². The van der Waals surface area contributed by atoms with Crippen molar-refractivity contribution in [2.75, 3.05) is 0 Å². The lowest BCUT2D eigenvalue weighted by Gasteiger charge is -2.05. The molecule has 2 rings (SSSR count). The maximum atomic E-state index is 11.0. The van der Waals surface area contributed by atoms with Crippen LogP contribution < -0.4 is 0 Å². The molecule has 0 unspecified atom stereocenters. The molecule has 3 nitrogen and oxygen atoms in total. The van der Waals surface area contributed by atoms with Gasteiger partial charge in [-0.1, -0.05) is 0 Å². The van der Waals surface area contributed by atoms with E-state index in [1.807, 2.05) is 13.8 Å². The van der Waals surface area contributed by atoms with Gasteiger partial charge < -0.3 is 9.67 Å². The highest BCUT2D eigenvalue weighted by Crippen LogP contribution is 2.25. The fourth-order valence-corrected chi connectivity index (χ4v) is 2.20. The van der Waals surface area contributed by atoms with Crippen molar-refractivity contribution in [2.24, 2.45) is 0 Å². The standard InChI is InChI=1S/C13H15NO2/c1-4-14-7-9(3)11-6-10(13(15)16)5-8(2)12(11)14/h5-7H,4H2,1-3H3,(H,15,16). The SMILES string of the molecule is CCn1cc(C)c2cc(C(=O)O)cc(C)c21. The van der Waals surface area contributed by atoms with Crippen LogP contribution >= 0.6 is 0 Å². The van der Waals surface area contributed by atoms with Crippen LogP contribution in [0.4, 0.5) is 0 Å². The lowest BCUT2D eigenvalue weighted by molar-refractivity contribution is 0.0697. The summed E-state index contributed by atoms with van der Waals surface area (Å²) in [6, 6.07) is 3.49. The number of hydrogen-bond donors (Lipinski definition) is 1. The number of rotatable bonds is 2. The Kier molecular flexibility index (Phi) is 2.46. The summed E-state index contributed by atoms with van der Waals surface area (Å²) in [5.74, 6) is -0.867. The molecule has 0 atom stereocenters. The van der Waals surface area contributed by atoms with E-state index in [9.17, 15) is 4.79 Å². The fraction of sp³-hybridized carbons (Fsp3) is 0.308. The Morgan fingerprint density at radius 3 is 2.56 bits per heavy atom. The Morgan fingerprint density at radius 2 is 2.00 bits per heavy atom. The summed E-state index contributed by atoms with van der Waals surface area (Å²) in [4.78, 5) is 11.0. The van der Waals surface area contributed by atoms with Crippen molar-refractivity contribution in [2.45, 2.75) is 27.3 Å². The van der Waals surface area contributed by atoms with E-state index in [0.29, 0.717) is 5.56 Å². The number of carboxylic acid groups (broad SMARTS) is 1. The lowest BCUT2D eigenvalue weighted by atomic mass is 10.1. The van der Waals surface area contributed by atoms with Crippen molar-refractivity contribution in [3.63, 3.8) is 0 Å². The highest BCUT2D eigenvalue weighted by molar-refractivity contribution is 5.96. The molecule has 1 aromatic carbocycles. The Balaban J connectivity index is 2.83. The highest BCUT2D eigenvalue weighted by atomic mass is 16.4. The van der Waals surface area contributed by atoms with E-state index < -0.39 is 5.97 Å². The summed E-state index contributed by atoms with van der Waals surface area (Å²) in [6.07, 6.45) is 2.07. The molecule has 0 aliphatic rings. The maximum absolute atomic E-state index is 11.0. The Bertz CT molecular complexity index is 567. The number of carbonyl (C=O) groups is 1. The van der Waals surface area contributed by atoms with Gasteiger partial charge in [0.1, 0.15) is 0 Å². The summed E-state index contributed by atoms with van der Waals surface area (Å²) in [5.41, 5.74) is 3.65. The Morgan fingerprint density at radius 1 is 1.31 bits per heavy atom. The third-order valence-electron chi connectivity index (χ3n) is 2.95. The van der Waals surface area contributed by atoms with Crippen LogP contribution in [0.15, 0.2) is 18.3 Å². The van der Waals surface area contributed by atoms with E-state index in [-0.39, 0.29) is 0 Å². The second-order valence-electron chi connectivity index (χ2n) is 4.09. The predicted molar refractivity (Wildman–Crippen MR) is 64.0 cm³/mol. The minimum atomic E-state index is -0.867. The molecular formula is C13H15NO2. The normalized spacial score (nSPS) is 10.9. The van der Waals surface area contributed by atoms with Gasteiger partial charge in [-0.15, -0.1) is 0 Å². The number of hydrogen-bond acceptors (Lipinski definition) is 1. The monoisotopic (exact) mass is 217 g/mol.